The molecule has 0 aliphatic heterocycles. The molecule has 0 heterocycles. The van der Waals surface area contributed by atoms with Gasteiger partial charge in [0.25, 0.3) is 0 Å². The van der Waals surface area contributed by atoms with Gasteiger partial charge in [-0.05, 0) is 118 Å². The maximum Gasteiger partial charge on any atom is 0.307 e. The molecule has 0 bridgehead atoms. The average molecular weight is 584 g/mol. The van der Waals surface area contributed by atoms with Crippen LogP contribution in [-0.2, 0) is 18.5 Å². The fraction of sp³-hybridized carbons (Fsp3) is 0.800. The molecule has 5 aliphatic carbocycles. The second-order valence-electron chi connectivity index (χ2n) is 14.7. The van der Waals surface area contributed by atoms with Gasteiger partial charge >= 0.3 is 5.97 Å². The lowest BCUT2D eigenvalue weighted by Crippen LogP contribution is -2.50. The molecule has 227 valence electrons. The first kappa shape index (κ1) is 29.9. The number of hydrogen-bond acceptors (Lipinski definition) is 5. The number of allylic oxidation sites excluding steroid dienone is 4. The third-order valence-corrected chi connectivity index (χ3v) is 12.1. The van der Waals surface area contributed by atoms with Crippen molar-refractivity contribution in [1.82, 2.24) is 0 Å². The van der Waals surface area contributed by atoms with E-state index in [-0.39, 0.29) is 28.8 Å². The molecule has 0 aromatic rings. The molecule has 4 nitrogen and oxygen atoms in total. The van der Waals surface area contributed by atoms with E-state index in [1.807, 2.05) is 0 Å². The van der Waals surface area contributed by atoms with Gasteiger partial charge in [-0.3, -0.25) is 4.79 Å². The van der Waals surface area contributed by atoms with E-state index in [1.54, 1.807) is 12.5 Å². The number of rotatable bonds is 10. The molecule has 41 heavy (non-hydrogen) atoms. The van der Waals surface area contributed by atoms with Crippen molar-refractivity contribution in [3.05, 3.63) is 34.8 Å². The number of esters is 1. The SMILES string of the molecule is [3H][B]SO[C@H]1CC[C@@]2(C)C(=CC[C@@H]3[C@@H]2CC[C@]2(C)C([C@H](C)/C(=C/CC(C)C)OC4CCCCC4)=C(OC(C)=O)C[C@@H]32)C1. The van der Waals surface area contributed by atoms with Gasteiger partial charge in [0.05, 0.1) is 18.0 Å². The summed E-state index contributed by atoms with van der Waals surface area (Å²) < 4.78 is 26.3. The second kappa shape index (κ2) is 12.8. The van der Waals surface area contributed by atoms with Crippen molar-refractivity contribution < 1.29 is 18.5 Å². The number of carbonyl (C=O) groups is 1. The molecular formula is C35H54BO4S. The van der Waals surface area contributed by atoms with Crippen LogP contribution in [-0.4, -0.2) is 26.6 Å². The summed E-state index contributed by atoms with van der Waals surface area (Å²) in [5, 5.41) is 0. The van der Waals surface area contributed by atoms with Gasteiger partial charge in [0.1, 0.15) is 5.76 Å². The summed E-state index contributed by atoms with van der Waals surface area (Å²) in [5.41, 5.74) is 3.13. The minimum Gasteiger partial charge on any atom is -0.494 e. The van der Waals surface area contributed by atoms with Crippen LogP contribution in [0.2, 0.25) is 0 Å². The summed E-state index contributed by atoms with van der Waals surface area (Å²) in [6, 6.07) is 0. The highest BCUT2D eigenvalue weighted by Crippen LogP contribution is 2.67. The lowest BCUT2D eigenvalue weighted by atomic mass is 9.47. The number of fused-ring (bicyclic) bond motifs is 5. The van der Waals surface area contributed by atoms with E-state index in [1.165, 1.54) is 50.2 Å². The minimum absolute atomic E-state index is 0.000823. The summed E-state index contributed by atoms with van der Waals surface area (Å²) in [4.78, 5) is 12.5. The Hall–Kier alpha value is -1.14. The van der Waals surface area contributed by atoms with Gasteiger partial charge in [-0.25, -0.2) is 0 Å². The predicted molar refractivity (Wildman–Crippen MR) is 170 cm³/mol. The van der Waals surface area contributed by atoms with Crippen molar-refractivity contribution in [1.29, 1.82) is 1.34 Å². The fourth-order valence-corrected chi connectivity index (χ4v) is 9.97. The summed E-state index contributed by atoms with van der Waals surface area (Å²) >= 11 is 1.17. The van der Waals surface area contributed by atoms with Crippen LogP contribution in [0.3, 0.4) is 0 Å². The molecule has 0 N–H and O–H groups in total. The molecular weight excluding hydrogens is 527 g/mol. The largest absolute Gasteiger partial charge is 0.494 e. The van der Waals surface area contributed by atoms with Crippen molar-refractivity contribution >= 4 is 25.0 Å². The van der Waals surface area contributed by atoms with Gasteiger partial charge < -0.3 is 13.7 Å². The van der Waals surface area contributed by atoms with Crippen LogP contribution < -0.4 is 0 Å². The molecule has 3 saturated carbocycles. The van der Waals surface area contributed by atoms with Gasteiger partial charge in [-0.1, -0.05) is 64.6 Å². The van der Waals surface area contributed by atoms with E-state index in [9.17, 15) is 4.79 Å². The Labute approximate surface area is 256 Å². The zero-order valence-electron chi connectivity index (χ0n) is 27.5. The Morgan fingerprint density at radius 2 is 1.83 bits per heavy atom. The van der Waals surface area contributed by atoms with Gasteiger partial charge in [0.15, 0.2) is 0 Å². The molecule has 5 aliphatic rings. The minimum atomic E-state index is -0.201. The highest BCUT2D eigenvalue weighted by atomic mass is 32.2. The Morgan fingerprint density at radius 3 is 2.54 bits per heavy atom. The van der Waals surface area contributed by atoms with Crippen molar-refractivity contribution in [2.45, 2.75) is 137 Å². The molecule has 0 amide bonds. The standard InChI is InChI=1S/C35H54BO4S/c1-22(2)12-15-31(39-26-10-8-7-9-11-26)23(3)33-32(38-24(4)37)21-30-28-14-13-25-20-27(40-41-36)16-18-34(25,5)29(28)17-19-35(30,33)6/h13,15,22-23,26-30,36H,7-12,14,16-21H2,1-6H3/b31-15-/t23-,27+,28-,29+,30+,34+,35+/m1/s1/i36T. The van der Waals surface area contributed by atoms with Crippen LogP contribution in [0.4, 0.5) is 0 Å². The zero-order valence-corrected chi connectivity index (χ0v) is 27.3. The molecule has 0 spiro atoms. The third kappa shape index (κ3) is 6.26. The van der Waals surface area contributed by atoms with E-state index >= 15 is 0 Å². The van der Waals surface area contributed by atoms with Crippen LogP contribution in [0.5, 0.6) is 0 Å². The van der Waals surface area contributed by atoms with Crippen LogP contribution in [0.1, 0.15) is 125 Å². The van der Waals surface area contributed by atoms with Gasteiger partial charge in [-0.15, -0.1) is 0 Å². The Bertz CT molecular complexity index is 1080. The zero-order chi connectivity index (χ0) is 30.1. The Kier molecular flexibility index (Phi) is 9.37. The van der Waals surface area contributed by atoms with Crippen molar-refractivity contribution in [3.8, 4) is 0 Å². The average Bonchev–Trinajstić information content (AvgIpc) is 3.25. The first-order chi connectivity index (χ1) is 20.1. The van der Waals surface area contributed by atoms with Gasteiger partial charge in [0.2, 0.25) is 7.09 Å². The molecule has 0 aromatic carbocycles. The monoisotopic (exact) mass is 583 g/mol. The summed E-state index contributed by atoms with van der Waals surface area (Å²) in [5.74, 6) is 4.23. The van der Waals surface area contributed by atoms with Crippen molar-refractivity contribution in [2.24, 2.45) is 40.4 Å². The summed E-state index contributed by atoms with van der Waals surface area (Å²) in [6.45, 7) is 13.4. The number of ether oxygens (including phenoxy) is 2. The fourth-order valence-electron chi connectivity index (χ4n) is 9.65. The highest BCUT2D eigenvalue weighted by molar-refractivity contribution is 8.15. The van der Waals surface area contributed by atoms with E-state index < -0.39 is 0 Å². The first-order valence-electron chi connectivity index (χ1n) is 17.1. The first-order valence-corrected chi connectivity index (χ1v) is 17.4. The van der Waals surface area contributed by atoms with Crippen molar-refractivity contribution in [3.63, 3.8) is 0 Å². The predicted octanol–water partition coefficient (Wildman–Crippen LogP) is 9.14. The van der Waals surface area contributed by atoms with Crippen LogP contribution in [0.15, 0.2) is 34.8 Å². The van der Waals surface area contributed by atoms with Crippen LogP contribution in [0, 0.1) is 40.4 Å². The smallest absolute Gasteiger partial charge is 0.307 e. The number of carbonyl (C=O) groups excluding carboxylic acids is 1. The van der Waals surface area contributed by atoms with Gasteiger partial charge in [0, 0.05) is 19.3 Å². The summed E-state index contributed by atoms with van der Waals surface area (Å²) in [6.07, 6.45) is 20.0. The quantitative estimate of drug-likeness (QED) is 0.0844. The van der Waals surface area contributed by atoms with Crippen molar-refractivity contribution in [2.75, 3.05) is 0 Å². The molecule has 6 heteroatoms. The number of hydrogen-bond donors (Lipinski definition) is 0. The molecule has 0 unspecified atom stereocenters. The van der Waals surface area contributed by atoms with E-state index in [4.69, 9.17) is 15.0 Å². The Balaban J connectivity index is 1.43. The molecule has 3 fully saturated rings. The third-order valence-electron chi connectivity index (χ3n) is 11.7. The van der Waals surface area contributed by atoms with Crippen LogP contribution >= 0.6 is 11.9 Å². The lowest BCUT2D eigenvalue weighted by Gasteiger charge is -2.58. The molecule has 5 rings (SSSR count). The van der Waals surface area contributed by atoms with Crippen LogP contribution in [0.25, 0.3) is 0 Å². The Morgan fingerprint density at radius 1 is 1.07 bits per heavy atom. The second-order valence-corrected chi connectivity index (χ2v) is 15.1. The lowest BCUT2D eigenvalue weighted by molar-refractivity contribution is -0.137. The maximum atomic E-state index is 12.5. The maximum absolute atomic E-state index is 12.5. The molecule has 1 radical (unpaired) electrons. The highest BCUT2D eigenvalue weighted by Gasteiger charge is 2.59. The molecule has 0 saturated heterocycles. The van der Waals surface area contributed by atoms with E-state index in [2.05, 4.69) is 46.8 Å². The van der Waals surface area contributed by atoms with E-state index in [0.29, 0.717) is 29.8 Å². The van der Waals surface area contributed by atoms with E-state index in [0.717, 1.165) is 69.3 Å². The molecule has 7 atom stereocenters. The van der Waals surface area contributed by atoms with Gasteiger partial charge in [-0.2, -0.15) is 0 Å². The normalized spacial score (nSPS) is 37.0. The topological polar surface area (TPSA) is 44.8 Å². The summed E-state index contributed by atoms with van der Waals surface area (Å²) in [7, 11) is 1.29. The molecule has 0 aromatic heterocycles.